The number of amides is 1. The summed E-state index contributed by atoms with van der Waals surface area (Å²) >= 11 is 0. The molecule has 2 heterocycles. The first-order valence-electron chi connectivity index (χ1n) is 10.4. The molecule has 8 heteroatoms. The highest BCUT2D eigenvalue weighted by Gasteiger charge is 2.13. The predicted octanol–water partition coefficient (Wildman–Crippen LogP) is 2.41. The van der Waals surface area contributed by atoms with Gasteiger partial charge in [0.1, 0.15) is 0 Å². The molecule has 0 aliphatic heterocycles. The van der Waals surface area contributed by atoms with Crippen molar-refractivity contribution in [2.45, 2.75) is 25.9 Å². The van der Waals surface area contributed by atoms with Crippen LogP contribution in [0.25, 0.3) is 21.9 Å². The third kappa shape index (κ3) is 4.58. The number of carbonyl (C=O) groups excluding carboxylic acids is 1. The second-order valence-corrected chi connectivity index (χ2v) is 7.68. The van der Waals surface area contributed by atoms with Gasteiger partial charge >= 0.3 is 0 Å². The second kappa shape index (κ2) is 8.99. The Labute approximate surface area is 180 Å². The van der Waals surface area contributed by atoms with Crippen LogP contribution in [0.2, 0.25) is 0 Å². The minimum atomic E-state index is -0.192. The molecule has 0 atom stereocenters. The van der Waals surface area contributed by atoms with E-state index in [1.165, 1.54) is 0 Å². The van der Waals surface area contributed by atoms with Crippen molar-refractivity contribution >= 4 is 33.7 Å². The topological polar surface area (TPSA) is 85.1 Å². The lowest BCUT2D eigenvalue weighted by Crippen LogP contribution is -2.31. The predicted molar refractivity (Wildman–Crippen MR) is 122 cm³/mol. The van der Waals surface area contributed by atoms with Crippen LogP contribution in [0.4, 0.5) is 5.82 Å². The number of anilines is 1. The lowest BCUT2D eigenvalue weighted by Gasteiger charge is -2.16. The maximum Gasteiger partial charge on any atom is 0.293 e. The number of aryl methyl sites for hydroxylation is 2. The van der Waals surface area contributed by atoms with E-state index in [9.17, 15) is 9.59 Å². The number of nitrogens with zero attached hydrogens (tertiary/aromatic N) is 5. The van der Waals surface area contributed by atoms with Crippen molar-refractivity contribution in [3.05, 3.63) is 65.1 Å². The van der Waals surface area contributed by atoms with Crippen LogP contribution in [0.5, 0.6) is 0 Å². The zero-order valence-corrected chi connectivity index (χ0v) is 17.8. The van der Waals surface area contributed by atoms with E-state index in [0.29, 0.717) is 18.9 Å². The van der Waals surface area contributed by atoms with E-state index in [0.717, 1.165) is 34.9 Å². The highest BCUT2D eigenvalue weighted by atomic mass is 16.2. The molecule has 0 fully saturated rings. The van der Waals surface area contributed by atoms with Gasteiger partial charge in [-0.1, -0.05) is 30.3 Å². The van der Waals surface area contributed by atoms with Gasteiger partial charge in [-0.15, -0.1) is 0 Å². The van der Waals surface area contributed by atoms with Gasteiger partial charge in [0.25, 0.3) is 5.56 Å². The average Bonchev–Trinajstić information content (AvgIpc) is 3.18. The summed E-state index contributed by atoms with van der Waals surface area (Å²) < 4.78 is 3.54. The molecule has 0 saturated carbocycles. The third-order valence-electron chi connectivity index (χ3n) is 5.17. The van der Waals surface area contributed by atoms with Gasteiger partial charge in [0, 0.05) is 51.7 Å². The van der Waals surface area contributed by atoms with Crippen LogP contribution in [0.15, 0.2) is 59.5 Å². The van der Waals surface area contributed by atoms with E-state index < -0.39 is 0 Å². The van der Waals surface area contributed by atoms with Gasteiger partial charge in [-0.25, -0.2) is 4.98 Å². The maximum absolute atomic E-state index is 12.8. The Balaban J connectivity index is 1.34. The number of aromatic nitrogens is 4. The number of carbonyl (C=O) groups is 1. The van der Waals surface area contributed by atoms with E-state index in [1.807, 2.05) is 59.4 Å². The average molecular weight is 419 g/mol. The summed E-state index contributed by atoms with van der Waals surface area (Å²) in [7, 11) is 3.58. The Morgan fingerprint density at radius 2 is 1.77 bits per heavy atom. The number of nitrogens with one attached hydrogen (secondary N) is 1. The van der Waals surface area contributed by atoms with E-state index in [4.69, 9.17) is 0 Å². The molecule has 160 valence electrons. The Kier molecular flexibility index (Phi) is 5.97. The largest absolute Gasteiger partial charge is 0.358 e. The Morgan fingerprint density at radius 1 is 1.03 bits per heavy atom. The fourth-order valence-electron chi connectivity index (χ4n) is 3.59. The smallest absolute Gasteiger partial charge is 0.293 e. The van der Waals surface area contributed by atoms with Crippen molar-refractivity contribution in [2.24, 2.45) is 0 Å². The van der Waals surface area contributed by atoms with Gasteiger partial charge in [0.05, 0.1) is 16.6 Å². The molecule has 4 rings (SSSR count). The maximum atomic E-state index is 12.8. The lowest BCUT2D eigenvalue weighted by atomic mass is 10.2. The molecule has 0 bridgehead atoms. The molecule has 2 aromatic carbocycles. The summed E-state index contributed by atoms with van der Waals surface area (Å²) in [6, 6.07) is 15.5. The van der Waals surface area contributed by atoms with Crippen LogP contribution in [-0.4, -0.2) is 45.9 Å². The standard InChI is InChI=1S/C23H26N6O2/c1-27(2)22-23(31)29(20-11-6-5-10-19(20)25-22)15-12-21(30)24-13-7-14-28-16-17-8-3-4-9-18(17)26-28/h3-6,8-11,16H,7,12-15H2,1-2H3,(H,24,30). The summed E-state index contributed by atoms with van der Waals surface area (Å²) in [6.07, 6.45) is 3.02. The molecule has 8 nitrogen and oxygen atoms in total. The molecule has 2 aromatic heterocycles. The first-order valence-corrected chi connectivity index (χ1v) is 10.4. The van der Waals surface area contributed by atoms with Gasteiger partial charge in [-0.05, 0) is 24.6 Å². The zero-order chi connectivity index (χ0) is 21.8. The SMILES string of the molecule is CN(C)c1nc2ccccc2n(CCC(=O)NCCCn2cc3ccccc3n2)c1=O. The minimum Gasteiger partial charge on any atom is -0.358 e. The first-order chi connectivity index (χ1) is 15.0. The number of rotatable bonds is 8. The molecule has 1 N–H and O–H groups in total. The summed E-state index contributed by atoms with van der Waals surface area (Å²) in [6.45, 7) is 1.60. The van der Waals surface area contributed by atoms with Gasteiger partial charge in [-0.2, -0.15) is 5.10 Å². The summed E-state index contributed by atoms with van der Waals surface area (Å²) in [5.74, 6) is 0.288. The molecule has 31 heavy (non-hydrogen) atoms. The molecular formula is C23H26N6O2. The van der Waals surface area contributed by atoms with Crippen molar-refractivity contribution in [1.82, 2.24) is 24.6 Å². The second-order valence-electron chi connectivity index (χ2n) is 7.68. The normalized spacial score (nSPS) is 11.2. The van der Waals surface area contributed by atoms with Gasteiger partial charge in [0.15, 0.2) is 5.82 Å². The van der Waals surface area contributed by atoms with Gasteiger partial charge in [0.2, 0.25) is 5.91 Å². The van der Waals surface area contributed by atoms with Gasteiger partial charge < -0.3 is 14.8 Å². The number of benzene rings is 2. The highest BCUT2D eigenvalue weighted by Crippen LogP contribution is 2.14. The minimum absolute atomic E-state index is 0.0789. The molecular weight excluding hydrogens is 392 g/mol. The molecule has 1 amide bonds. The van der Waals surface area contributed by atoms with E-state index >= 15 is 0 Å². The van der Waals surface area contributed by atoms with Crippen molar-refractivity contribution < 1.29 is 4.79 Å². The lowest BCUT2D eigenvalue weighted by molar-refractivity contribution is -0.121. The zero-order valence-electron chi connectivity index (χ0n) is 17.8. The third-order valence-corrected chi connectivity index (χ3v) is 5.17. The van der Waals surface area contributed by atoms with Crippen LogP contribution in [-0.2, 0) is 17.9 Å². The van der Waals surface area contributed by atoms with E-state index in [-0.39, 0.29) is 17.9 Å². The number of hydrogen-bond acceptors (Lipinski definition) is 5. The molecule has 0 aliphatic rings. The van der Waals surface area contributed by atoms with Gasteiger partial charge in [-0.3, -0.25) is 14.3 Å². The fraction of sp³-hybridized carbons (Fsp3) is 0.304. The van der Waals surface area contributed by atoms with Crippen molar-refractivity contribution in [2.75, 3.05) is 25.5 Å². The molecule has 0 aliphatic carbocycles. The Bertz CT molecular complexity index is 1240. The number of fused-ring (bicyclic) bond motifs is 2. The first kappa shape index (κ1) is 20.6. The monoisotopic (exact) mass is 418 g/mol. The summed E-state index contributed by atoms with van der Waals surface area (Å²) in [5, 5.41) is 8.57. The summed E-state index contributed by atoms with van der Waals surface area (Å²) in [5.41, 5.74) is 2.25. The van der Waals surface area contributed by atoms with Crippen LogP contribution in [0, 0.1) is 0 Å². The van der Waals surface area contributed by atoms with Crippen LogP contribution in [0.3, 0.4) is 0 Å². The summed E-state index contributed by atoms with van der Waals surface area (Å²) in [4.78, 5) is 31.4. The van der Waals surface area contributed by atoms with Crippen molar-refractivity contribution in [3.8, 4) is 0 Å². The molecule has 0 radical (unpaired) electrons. The van der Waals surface area contributed by atoms with Crippen LogP contribution in [0.1, 0.15) is 12.8 Å². The van der Waals surface area contributed by atoms with Crippen LogP contribution >= 0.6 is 0 Å². The number of para-hydroxylation sites is 2. The molecule has 4 aromatic rings. The van der Waals surface area contributed by atoms with E-state index in [2.05, 4.69) is 15.4 Å². The Hall–Kier alpha value is -3.68. The highest BCUT2D eigenvalue weighted by molar-refractivity contribution is 5.78. The molecule has 0 saturated heterocycles. The molecule has 0 spiro atoms. The molecule has 0 unspecified atom stereocenters. The quantitative estimate of drug-likeness (QED) is 0.444. The Morgan fingerprint density at radius 3 is 2.55 bits per heavy atom. The fourth-order valence-corrected chi connectivity index (χ4v) is 3.59. The van der Waals surface area contributed by atoms with Crippen molar-refractivity contribution in [1.29, 1.82) is 0 Å². The van der Waals surface area contributed by atoms with Crippen molar-refractivity contribution in [3.63, 3.8) is 0 Å². The van der Waals surface area contributed by atoms with Crippen LogP contribution < -0.4 is 15.8 Å². The number of hydrogen-bond donors (Lipinski definition) is 1. The van der Waals surface area contributed by atoms with E-state index in [1.54, 1.807) is 23.6 Å².